The Morgan fingerprint density at radius 3 is 1.83 bits per heavy atom. The highest BCUT2D eigenvalue weighted by atomic mass is 27.0. The first-order valence-corrected chi connectivity index (χ1v) is 1.56. The largest absolute Gasteiger partial charge is 0.394 e. The maximum atomic E-state index is 8.11. The lowest BCUT2D eigenvalue weighted by Gasteiger charge is -1.90. The molecule has 0 amide bonds. The molecular weight excluding hydrogens is 95.0 g/mol. The molecule has 0 saturated carbocycles. The Hall–Kier alpha value is 0.452. The van der Waals surface area contributed by atoms with Gasteiger partial charge in [-0.1, -0.05) is 0 Å². The van der Waals surface area contributed by atoms with E-state index in [1.807, 2.05) is 0 Å². The van der Waals surface area contributed by atoms with Crippen LogP contribution >= 0.6 is 0 Å². The van der Waals surface area contributed by atoms with Gasteiger partial charge in [0.15, 0.2) is 17.4 Å². The smallest absolute Gasteiger partial charge is 0.187 e. The Bertz CT molecular complexity index is 22.8. The normalized spacial score (nSPS) is 12.5. The fraction of sp³-hybridized carbons (Fsp3) is 1.00. The van der Waals surface area contributed by atoms with Gasteiger partial charge in [-0.05, 0) is 6.92 Å². The van der Waals surface area contributed by atoms with Gasteiger partial charge in [0.05, 0.1) is 12.7 Å². The first-order valence-electron chi connectivity index (χ1n) is 1.56. The Kier molecular flexibility index (Phi) is 8.79. The topological polar surface area (TPSA) is 40.5 Å². The molecule has 1 atom stereocenters. The highest BCUT2D eigenvalue weighted by Crippen LogP contribution is 1.68. The van der Waals surface area contributed by atoms with Crippen molar-refractivity contribution in [3.8, 4) is 0 Å². The lowest BCUT2D eigenvalue weighted by Crippen LogP contribution is -2.03. The van der Waals surface area contributed by atoms with E-state index in [9.17, 15) is 0 Å². The van der Waals surface area contributed by atoms with Gasteiger partial charge in [0.25, 0.3) is 0 Å². The predicted molar refractivity (Wildman–Crippen MR) is 28.7 cm³/mol. The minimum atomic E-state index is -0.560. The van der Waals surface area contributed by atoms with Crippen molar-refractivity contribution in [2.24, 2.45) is 0 Å². The standard InChI is InChI=1S/C3H8O2.Al.3H/c1-3(5)2-4;;;;/h3-5H,2H2,1H3;;;;. The van der Waals surface area contributed by atoms with Gasteiger partial charge in [0, 0.05) is 0 Å². The molecule has 6 heavy (non-hydrogen) atoms. The first kappa shape index (κ1) is 9.68. The van der Waals surface area contributed by atoms with Gasteiger partial charge in [0.2, 0.25) is 0 Å². The molecular formula is C3H11AlO2. The van der Waals surface area contributed by atoms with Crippen molar-refractivity contribution in [3.05, 3.63) is 0 Å². The highest BCUT2D eigenvalue weighted by Gasteiger charge is 1.83. The van der Waals surface area contributed by atoms with E-state index in [-0.39, 0.29) is 24.0 Å². The van der Waals surface area contributed by atoms with E-state index in [2.05, 4.69) is 0 Å². The SMILES string of the molecule is CC(O)CO.[AlH3]. The monoisotopic (exact) mass is 106 g/mol. The summed E-state index contributed by atoms with van der Waals surface area (Å²) in [4.78, 5) is 0. The molecule has 0 aromatic rings. The summed E-state index contributed by atoms with van der Waals surface area (Å²) in [7, 11) is 0. The molecule has 3 heteroatoms. The minimum absolute atomic E-state index is 0. The van der Waals surface area contributed by atoms with Gasteiger partial charge in [0.1, 0.15) is 0 Å². The Balaban J connectivity index is 0. The summed E-state index contributed by atoms with van der Waals surface area (Å²) in [5.41, 5.74) is 0. The summed E-state index contributed by atoms with van der Waals surface area (Å²) in [6.07, 6.45) is -0.560. The number of hydrogen-bond acceptors (Lipinski definition) is 2. The predicted octanol–water partition coefficient (Wildman–Crippen LogP) is -1.82. The average Bonchev–Trinajstić information content (AvgIpc) is 1.38. The van der Waals surface area contributed by atoms with Crippen molar-refractivity contribution < 1.29 is 10.2 Å². The number of aliphatic hydroxyl groups is 2. The lowest BCUT2D eigenvalue weighted by atomic mass is 10.5. The second-order valence-corrected chi connectivity index (χ2v) is 1.03. The third-order valence-corrected chi connectivity index (χ3v) is 0.264. The van der Waals surface area contributed by atoms with Crippen LogP contribution in [0.5, 0.6) is 0 Å². The molecule has 0 spiro atoms. The molecule has 0 rings (SSSR count). The number of aliphatic hydroxyl groups excluding tert-OH is 2. The van der Waals surface area contributed by atoms with Gasteiger partial charge in [-0.25, -0.2) is 0 Å². The van der Waals surface area contributed by atoms with E-state index in [1.54, 1.807) is 0 Å². The van der Waals surface area contributed by atoms with Crippen LogP contribution in [0.4, 0.5) is 0 Å². The Morgan fingerprint density at radius 2 is 1.83 bits per heavy atom. The van der Waals surface area contributed by atoms with Crippen molar-refractivity contribution in [2.45, 2.75) is 13.0 Å². The van der Waals surface area contributed by atoms with Crippen molar-refractivity contribution in [3.63, 3.8) is 0 Å². The van der Waals surface area contributed by atoms with Crippen LogP contribution in [0.25, 0.3) is 0 Å². The summed E-state index contributed by atoms with van der Waals surface area (Å²) in [5.74, 6) is 0. The van der Waals surface area contributed by atoms with Crippen molar-refractivity contribution in [1.29, 1.82) is 0 Å². The van der Waals surface area contributed by atoms with E-state index in [0.717, 1.165) is 0 Å². The molecule has 0 saturated heterocycles. The molecule has 1 unspecified atom stereocenters. The van der Waals surface area contributed by atoms with E-state index < -0.39 is 6.10 Å². The van der Waals surface area contributed by atoms with Gasteiger partial charge in [-0.15, -0.1) is 0 Å². The fourth-order valence-electron chi connectivity index (χ4n) is 0. The van der Waals surface area contributed by atoms with Gasteiger partial charge < -0.3 is 10.2 Å². The van der Waals surface area contributed by atoms with E-state index in [1.165, 1.54) is 6.92 Å². The molecule has 0 aliphatic rings. The molecule has 0 aromatic carbocycles. The fourth-order valence-corrected chi connectivity index (χ4v) is 0. The minimum Gasteiger partial charge on any atom is -0.394 e. The summed E-state index contributed by atoms with van der Waals surface area (Å²) in [6.45, 7) is 1.39. The van der Waals surface area contributed by atoms with Gasteiger partial charge in [-0.2, -0.15) is 0 Å². The molecule has 38 valence electrons. The van der Waals surface area contributed by atoms with Crippen LogP contribution in [0, 0.1) is 0 Å². The van der Waals surface area contributed by atoms with Gasteiger partial charge in [-0.3, -0.25) is 0 Å². The van der Waals surface area contributed by atoms with Crippen LogP contribution in [0.2, 0.25) is 0 Å². The zero-order valence-corrected chi connectivity index (χ0v) is 3.18. The van der Waals surface area contributed by atoms with E-state index in [4.69, 9.17) is 10.2 Å². The van der Waals surface area contributed by atoms with Crippen LogP contribution < -0.4 is 0 Å². The molecule has 2 N–H and O–H groups in total. The maximum Gasteiger partial charge on any atom is 0.187 e. The lowest BCUT2D eigenvalue weighted by molar-refractivity contribution is 0.110. The third-order valence-electron chi connectivity index (χ3n) is 0.264. The molecule has 0 radical (unpaired) electrons. The molecule has 0 fully saturated rings. The number of hydrogen-bond donors (Lipinski definition) is 2. The molecule has 2 nitrogen and oxygen atoms in total. The van der Waals surface area contributed by atoms with Crippen LogP contribution in [0.3, 0.4) is 0 Å². The Morgan fingerprint density at radius 1 is 1.67 bits per heavy atom. The van der Waals surface area contributed by atoms with E-state index >= 15 is 0 Å². The second kappa shape index (κ2) is 5.45. The summed E-state index contributed by atoms with van der Waals surface area (Å²) < 4.78 is 0. The molecule has 0 aromatic heterocycles. The van der Waals surface area contributed by atoms with Crippen LogP contribution in [-0.4, -0.2) is 40.3 Å². The van der Waals surface area contributed by atoms with Crippen LogP contribution in [-0.2, 0) is 0 Å². The third kappa shape index (κ3) is 8.82. The zero-order valence-electron chi connectivity index (χ0n) is 3.18. The van der Waals surface area contributed by atoms with Crippen molar-refractivity contribution in [2.75, 3.05) is 6.61 Å². The first-order chi connectivity index (χ1) is 2.27. The van der Waals surface area contributed by atoms with Crippen LogP contribution in [0.15, 0.2) is 0 Å². The molecule has 0 heterocycles. The molecule has 0 bridgehead atoms. The van der Waals surface area contributed by atoms with Gasteiger partial charge >= 0.3 is 0 Å². The maximum absolute atomic E-state index is 8.11. The highest BCUT2D eigenvalue weighted by molar-refractivity contribution is 5.75. The molecule has 0 aliphatic carbocycles. The molecule has 0 aliphatic heterocycles. The second-order valence-electron chi connectivity index (χ2n) is 1.03. The Labute approximate surface area is 47.9 Å². The summed E-state index contributed by atoms with van der Waals surface area (Å²) in [6, 6.07) is 0. The van der Waals surface area contributed by atoms with Crippen LogP contribution in [0.1, 0.15) is 6.92 Å². The quantitative estimate of drug-likeness (QED) is 0.386. The summed E-state index contributed by atoms with van der Waals surface area (Å²) >= 11 is 0. The zero-order chi connectivity index (χ0) is 4.28. The van der Waals surface area contributed by atoms with Crippen molar-refractivity contribution in [1.82, 2.24) is 0 Å². The number of rotatable bonds is 1. The summed E-state index contributed by atoms with van der Waals surface area (Å²) in [5, 5.41) is 16.0. The van der Waals surface area contributed by atoms with E-state index in [0.29, 0.717) is 0 Å². The van der Waals surface area contributed by atoms with Crippen molar-refractivity contribution >= 4 is 17.4 Å². The average molecular weight is 106 g/mol.